The smallest absolute Gasteiger partial charge is 0.224 e. The van der Waals surface area contributed by atoms with E-state index in [9.17, 15) is 9.59 Å². The van der Waals surface area contributed by atoms with Crippen LogP contribution in [0.15, 0.2) is 0 Å². The Morgan fingerprint density at radius 3 is 2.47 bits per heavy atom. The first kappa shape index (κ1) is 12.4. The van der Waals surface area contributed by atoms with Crippen molar-refractivity contribution in [1.82, 2.24) is 9.80 Å². The lowest BCUT2D eigenvalue weighted by molar-refractivity contribution is -0.136. The minimum atomic E-state index is 0.0854. The van der Waals surface area contributed by atoms with Crippen LogP contribution in [0.2, 0.25) is 0 Å². The van der Waals surface area contributed by atoms with E-state index in [1.807, 2.05) is 9.80 Å². The highest BCUT2D eigenvalue weighted by Crippen LogP contribution is 2.26. The summed E-state index contributed by atoms with van der Waals surface area (Å²) in [6, 6.07) is 0.394. The number of morpholine rings is 1. The van der Waals surface area contributed by atoms with Gasteiger partial charge in [-0.2, -0.15) is 0 Å². The number of carbonyl (C=O) groups excluding carboxylic acids is 2. The molecule has 1 saturated carbocycles. The van der Waals surface area contributed by atoms with Crippen molar-refractivity contribution in [1.29, 1.82) is 0 Å². The van der Waals surface area contributed by atoms with Gasteiger partial charge in [-0.25, -0.2) is 0 Å². The van der Waals surface area contributed by atoms with E-state index >= 15 is 0 Å². The van der Waals surface area contributed by atoms with Gasteiger partial charge in [0.1, 0.15) is 0 Å². The molecule has 2 aliphatic rings. The van der Waals surface area contributed by atoms with Crippen molar-refractivity contribution < 1.29 is 14.3 Å². The molecule has 2 rings (SSSR count). The van der Waals surface area contributed by atoms with Gasteiger partial charge in [-0.3, -0.25) is 9.59 Å². The second kappa shape index (κ2) is 5.49. The van der Waals surface area contributed by atoms with Gasteiger partial charge in [0.15, 0.2) is 0 Å². The zero-order valence-corrected chi connectivity index (χ0v) is 10.4. The van der Waals surface area contributed by atoms with Gasteiger partial charge >= 0.3 is 0 Å². The van der Waals surface area contributed by atoms with E-state index in [0.29, 0.717) is 45.3 Å². The molecular formula is C12H20N2O3. The Morgan fingerprint density at radius 2 is 1.94 bits per heavy atom. The Kier molecular flexibility index (Phi) is 3.99. The summed E-state index contributed by atoms with van der Waals surface area (Å²) in [6.07, 6.45) is 2.62. The Morgan fingerprint density at radius 1 is 1.29 bits per heavy atom. The highest BCUT2D eigenvalue weighted by Gasteiger charge is 2.31. The van der Waals surface area contributed by atoms with Gasteiger partial charge in [0.05, 0.1) is 13.2 Å². The summed E-state index contributed by atoms with van der Waals surface area (Å²) >= 11 is 0. The van der Waals surface area contributed by atoms with E-state index < -0.39 is 0 Å². The number of rotatable bonds is 4. The molecule has 1 aliphatic heterocycles. The first-order valence-electron chi connectivity index (χ1n) is 6.31. The van der Waals surface area contributed by atoms with E-state index in [4.69, 9.17) is 4.74 Å². The second-order valence-corrected chi connectivity index (χ2v) is 4.69. The second-order valence-electron chi connectivity index (χ2n) is 4.69. The Balaban J connectivity index is 1.75. The van der Waals surface area contributed by atoms with E-state index in [-0.39, 0.29) is 11.8 Å². The van der Waals surface area contributed by atoms with Crippen molar-refractivity contribution in [2.24, 2.45) is 0 Å². The van der Waals surface area contributed by atoms with Crippen molar-refractivity contribution in [3.05, 3.63) is 0 Å². The van der Waals surface area contributed by atoms with Crippen LogP contribution in [0.25, 0.3) is 0 Å². The number of ether oxygens (including phenoxy) is 1. The van der Waals surface area contributed by atoms with Gasteiger partial charge in [-0.15, -0.1) is 0 Å². The molecule has 2 fully saturated rings. The predicted octanol–water partition coefficient (Wildman–Crippen LogP) is 0.246. The topological polar surface area (TPSA) is 49.9 Å². The summed E-state index contributed by atoms with van der Waals surface area (Å²) in [5, 5.41) is 0. The molecule has 0 unspecified atom stereocenters. The molecule has 0 spiro atoms. The van der Waals surface area contributed by atoms with Gasteiger partial charge in [0.2, 0.25) is 11.8 Å². The van der Waals surface area contributed by atoms with Gasteiger partial charge < -0.3 is 14.5 Å². The van der Waals surface area contributed by atoms with E-state index in [1.165, 1.54) is 0 Å². The van der Waals surface area contributed by atoms with Crippen molar-refractivity contribution >= 4 is 11.8 Å². The molecule has 1 saturated heterocycles. The third-order valence-corrected chi connectivity index (χ3v) is 3.32. The van der Waals surface area contributed by atoms with E-state index in [1.54, 1.807) is 6.92 Å². The largest absolute Gasteiger partial charge is 0.378 e. The third-order valence-electron chi connectivity index (χ3n) is 3.32. The maximum Gasteiger partial charge on any atom is 0.224 e. The molecule has 96 valence electrons. The molecule has 0 aromatic heterocycles. The summed E-state index contributed by atoms with van der Waals surface area (Å²) in [5.41, 5.74) is 0. The van der Waals surface area contributed by atoms with E-state index in [0.717, 1.165) is 12.8 Å². The molecule has 17 heavy (non-hydrogen) atoms. The van der Waals surface area contributed by atoms with Crippen LogP contribution in [0.5, 0.6) is 0 Å². The maximum atomic E-state index is 11.9. The van der Waals surface area contributed by atoms with Crippen LogP contribution in [0.4, 0.5) is 0 Å². The molecule has 0 aromatic rings. The van der Waals surface area contributed by atoms with Crippen LogP contribution in [0.1, 0.15) is 26.2 Å². The summed E-state index contributed by atoms with van der Waals surface area (Å²) in [7, 11) is 0. The SMILES string of the molecule is CC(=O)N(CCC(=O)N1CCOCC1)C1CC1. The highest BCUT2D eigenvalue weighted by atomic mass is 16.5. The summed E-state index contributed by atoms with van der Waals surface area (Å²) in [4.78, 5) is 27.0. The number of hydrogen-bond donors (Lipinski definition) is 0. The Labute approximate surface area is 102 Å². The molecule has 0 N–H and O–H groups in total. The van der Waals surface area contributed by atoms with Crippen molar-refractivity contribution in [3.63, 3.8) is 0 Å². The lowest BCUT2D eigenvalue weighted by Crippen LogP contribution is -2.42. The van der Waals surface area contributed by atoms with Crippen molar-refractivity contribution in [2.45, 2.75) is 32.2 Å². The minimum absolute atomic E-state index is 0.0854. The van der Waals surface area contributed by atoms with Crippen LogP contribution in [-0.2, 0) is 14.3 Å². The summed E-state index contributed by atoms with van der Waals surface area (Å²) in [5.74, 6) is 0.225. The van der Waals surface area contributed by atoms with Gasteiger partial charge in [0.25, 0.3) is 0 Å². The minimum Gasteiger partial charge on any atom is -0.378 e. The molecule has 2 amide bonds. The molecule has 0 radical (unpaired) electrons. The average Bonchev–Trinajstić information content (AvgIpc) is 3.14. The van der Waals surface area contributed by atoms with Crippen LogP contribution >= 0.6 is 0 Å². The lowest BCUT2D eigenvalue weighted by atomic mass is 10.3. The summed E-state index contributed by atoms with van der Waals surface area (Å²) < 4.78 is 5.20. The number of hydrogen-bond acceptors (Lipinski definition) is 3. The first-order chi connectivity index (χ1) is 8.18. The standard InChI is InChI=1S/C12H20N2O3/c1-10(15)14(11-2-3-11)5-4-12(16)13-6-8-17-9-7-13/h11H,2-9H2,1H3. The number of nitrogens with zero attached hydrogens (tertiary/aromatic N) is 2. The van der Waals surface area contributed by atoms with Crippen molar-refractivity contribution in [2.75, 3.05) is 32.8 Å². The zero-order chi connectivity index (χ0) is 12.3. The van der Waals surface area contributed by atoms with Crippen LogP contribution in [-0.4, -0.2) is 60.5 Å². The monoisotopic (exact) mass is 240 g/mol. The number of amides is 2. The fraction of sp³-hybridized carbons (Fsp3) is 0.833. The quantitative estimate of drug-likeness (QED) is 0.707. The molecule has 5 nitrogen and oxygen atoms in total. The van der Waals surface area contributed by atoms with Crippen LogP contribution in [0, 0.1) is 0 Å². The predicted molar refractivity (Wildman–Crippen MR) is 62.4 cm³/mol. The van der Waals surface area contributed by atoms with Crippen molar-refractivity contribution in [3.8, 4) is 0 Å². The van der Waals surface area contributed by atoms with Crippen LogP contribution in [0.3, 0.4) is 0 Å². The molecule has 0 bridgehead atoms. The van der Waals surface area contributed by atoms with E-state index in [2.05, 4.69) is 0 Å². The van der Waals surface area contributed by atoms with Crippen LogP contribution < -0.4 is 0 Å². The summed E-state index contributed by atoms with van der Waals surface area (Å²) in [6.45, 7) is 4.77. The molecule has 1 heterocycles. The lowest BCUT2D eigenvalue weighted by Gasteiger charge is -2.28. The van der Waals surface area contributed by atoms with Gasteiger partial charge in [-0.05, 0) is 12.8 Å². The Bertz CT molecular complexity index is 296. The Hall–Kier alpha value is -1.10. The first-order valence-corrected chi connectivity index (χ1v) is 6.31. The molecule has 0 atom stereocenters. The molecule has 0 aromatic carbocycles. The highest BCUT2D eigenvalue weighted by molar-refractivity contribution is 5.78. The fourth-order valence-corrected chi connectivity index (χ4v) is 2.17. The number of carbonyl (C=O) groups is 2. The van der Waals surface area contributed by atoms with Gasteiger partial charge in [-0.1, -0.05) is 0 Å². The normalized spacial score (nSPS) is 20.2. The molecular weight excluding hydrogens is 220 g/mol. The fourth-order valence-electron chi connectivity index (χ4n) is 2.17. The average molecular weight is 240 g/mol. The zero-order valence-electron chi connectivity index (χ0n) is 10.4. The maximum absolute atomic E-state index is 11.9. The third kappa shape index (κ3) is 3.43. The van der Waals surface area contributed by atoms with Gasteiger partial charge in [0, 0.05) is 39.0 Å². The molecule has 5 heteroatoms. The molecule has 1 aliphatic carbocycles.